The zero-order valence-corrected chi connectivity index (χ0v) is 11.7. The molecule has 100 valence electrons. The van der Waals surface area contributed by atoms with Crippen LogP contribution in [0.5, 0.6) is 0 Å². The van der Waals surface area contributed by atoms with E-state index in [1.165, 1.54) is 44.9 Å². The van der Waals surface area contributed by atoms with Gasteiger partial charge in [-0.1, -0.05) is 33.1 Å². The SMILES string of the molecule is CCC1CCC(NC2CCCCC2OC)C1C. The maximum atomic E-state index is 5.64. The van der Waals surface area contributed by atoms with E-state index in [9.17, 15) is 0 Å². The maximum Gasteiger partial charge on any atom is 0.0724 e. The number of ether oxygens (including phenoxy) is 1. The topological polar surface area (TPSA) is 21.3 Å². The van der Waals surface area contributed by atoms with Crippen LogP contribution in [0.3, 0.4) is 0 Å². The lowest BCUT2D eigenvalue weighted by atomic mass is 9.89. The minimum Gasteiger partial charge on any atom is -0.380 e. The maximum absolute atomic E-state index is 5.64. The quantitative estimate of drug-likeness (QED) is 0.812. The molecule has 0 saturated heterocycles. The Labute approximate surface area is 107 Å². The van der Waals surface area contributed by atoms with Gasteiger partial charge in [0.05, 0.1) is 6.10 Å². The van der Waals surface area contributed by atoms with Crippen LogP contribution in [0.25, 0.3) is 0 Å². The minimum absolute atomic E-state index is 0.455. The molecule has 0 aromatic carbocycles. The molecule has 0 aliphatic heterocycles. The summed E-state index contributed by atoms with van der Waals surface area (Å²) in [5, 5.41) is 3.91. The summed E-state index contributed by atoms with van der Waals surface area (Å²) in [6.07, 6.45) is 9.84. The molecule has 2 fully saturated rings. The van der Waals surface area contributed by atoms with Gasteiger partial charge in [-0.3, -0.25) is 0 Å². The van der Waals surface area contributed by atoms with Crippen LogP contribution >= 0.6 is 0 Å². The normalized spacial score (nSPS) is 42.9. The predicted octanol–water partition coefficient (Wildman–Crippen LogP) is 3.36. The molecule has 0 amide bonds. The average Bonchev–Trinajstić information content (AvgIpc) is 2.71. The van der Waals surface area contributed by atoms with Gasteiger partial charge in [0.25, 0.3) is 0 Å². The first kappa shape index (κ1) is 13.4. The zero-order chi connectivity index (χ0) is 12.3. The molecule has 5 unspecified atom stereocenters. The molecule has 0 spiro atoms. The second-order valence-corrected chi connectivity index (χ2v) is 6.04. The highest BCUT2D eigenvalue weighted by Gasteiger charge is 2.35. The van der Waals surface area contributed by atoms with Gasteiger partial charge in [-0.15, -0.1) is 0 Å². The summed E-state index contributed by atoms with van der Waals surface area (Å²) in [6, 6.07) is 1.34. The van der Waals surface area contributed by atoms with Gasteiger partial charge in [-0.2, -0.15) is 0 Å². The number of hydrogen-bond donors (Lipinski definition) is 1. The molecule has 2 nitrogen and oxygen atoms in total. The van der Waals surface area contributed by atoms with Crippen LogP contribution in [-0.4, -0.2) is 25.3 Å². The van der Waals surface area contributed by atoms with E-state index in [1.54, 1.807) is 0 Å². The lowest BCUT2D eigenvalue weighted by Crippen LogP contribution is -2.48. The fourth-order valence-electron chi connectivity index (χ4n) is 3.90. The van der Waals surface area contributed by atoms with Crippen molar-refractivity contribution in [2.45, 2.75) is 77.0 Å². The summed E-state index contributed by atoms with van der Waals surface area (Å²) in [6.45, 7) is 4.77. The Bertz CT molecular complexity index is 231. The van der Waals surface area contributed by atoms with Crippen LogP contribution in [-0.2, 0) is 4.74 Å². The highest BCUT2D eigenvalue weighted by Crippen LogP contribution is 2.35. The third-order valence-corrected chi connectivity index (χ3v) is 5.18. The monoisotopic (exact) mass is 239 g/mol. The molecular formula is C15H29NO. The van der Waals surface area contributed by atoms with E-state index in [0.29, 0.717) is 12.1 Å². The first-order valence-corrected chi connectivity index (χ1v) is 7.55. The second-order valence-electron chi connectivity index (χ2n) is 6.04. The predicted molar refractivity (Wildman–Crippen MR) is 72.2 cm³/mol. The Morgan fingerprint density at radius 3 is 2.47 bits per heavy atom. The lowest BCUT2D eigenvalue weighted by Gasteiger charge is -2.35. The van der Waals surface area contributed by atoms with Crippen molar-refractivity contribution in [3.05, 3.63) is 0 Å². The van der Waals surface area contributed by atoms with Crippen molar-refractivity contribution in [1.82, 2.24) is 5.32 Å². The smallest absolute Gasteiger partial charge is 0.0724 e. The summed E-state index contributed by atoms with van der Waals surface area (Å²) in [4.78, 5) is 0. The molecule has 2 aliphatic carbocycles. The molecular weight excluding hydrogens is 210 g/mol. The fourth-order valence-corrected chi connectivity index (χ4v) is 3.90. The molecule has 0 aromatic heterocycles. The molecule has 0 aromatic rings. The first-order chi connectivity index (χ1) is 8.26. The Morgan fingerprint density at radius 2 is 1.82 bits per heavy atom. The van der Waals surface area contributed by atoms with Gasteiger partial charge in [0.1, 0.15) is 0 Å². The molecule has 1 N–H and O–H groups in total. The van der Waals surface area contributed by atoms with Crippen molar-refractivity contribution in [2.24, 2.45) is 11.8 Å². The Morgan fingerprint density at radius 1 is 1.06 bits per heavy atom. The van der Waals surface area contributed by atoms with Gasteiger partial charge in [0.2, 0.25) is 0 Å². The number of nitrogens with one attached hydrogen (secondary N) is 1. The largest absolute Gasteiger partial charge is 0.380 e. The average molecular weight is 239 g/mol. The van der Waals surface area contributed by atoms with E-state index in [1.807, 2.05) is 7.11 Å². The van der Waals surface area contributed by atoms with Crippen LogP contribution in [0.4, 0.5) is 0 Å². The third-order valence-electron chi connectivity index (χ3n) is 5.18. The summed E-state index contributed by atoms with van der Waals surface area (Å²) in [7, 11) is 1.87. The molecule has 2 aliphatic rings. The lowest BCUT2D eigenvalue weighted by molar-refractivity contribution is 0.0356. The van der Waals surface area contributed by atoms with Crippen LogP contribution in [0.2, 0.25) is 0 Å². The van der Waals surface area contributed by atoms with Crippen molar-refractivity contribution in [2.75, 3.05) is 7.11 Å². The van der Waals surface area contributed by atoms with Crippen LogP contribution in [0.15, 0.2) is 0 Å². The van der Waals surface area contributed by atoms with Crippen molar-refractivity contribution >= 4 is 0 Å². The molecule has 2 heteroatoms. The molecule has 2 saturated carbocycles. The molecule has 0 radical (unpaired) electrons. The molecule has 5 atom stereocenters. The molecule has 0 bridgehead atoms. The van der Waals surface area contributed by atoms with Crippen molar-refractivity contribution < 1.29 is 4.74 Å². The van der Waals surface area contributed by atoms with E-state index >= 15 is 0 Å². The van der Waals surface area contributed by atoms with Gasteiger partial charge < -0.3 is 10.1 Å². The first-order valence-electron chi connectivity index (χ1n) is 7.55. The summed E-state index contributed by atoms with van der Waals surface area (Å²) < 4.78 is 5.64. The van der Waals surface area contributed by atoms with Crippen LogP contribution in [0.1, 0.15) is 58.8 Å². The number of hydrogen-bond acceptors (Lipinski definition) is 2. The van der Waals surface area contributed by atoms with Crippen LogP contribution in [0, 0.1) is 11.8 Å². The van der Waals surface area contributed by atoms with Gasteiger partial charge in [0.15, 0.2) is 0 Å². The summed E-state index contributed by atoms with van der Waals surface area (Å²) >= 11 is 0. The van der Waals surface area contributed by atoms with E-state index in [0.717, 1.165) is 17.9 Å². The summed E-state index contributed by atoms with van der Waals surface area (Å²) in [5.74, 6) is 1.79. The standard InChI is InChI=1S/C15H29NO/c1-4-12-9-10-13(11(12)2)16-14-7-5-6-8-15(14)17-3/h11-16H,4-10H2,1-3H3. The van der Waals surface area contributed by atoms with Gasteiger partial charge in [-0.25, -0.2) is 0 Å². The fraction of sp³-hybridized carbons (Fsp3) is 1.00. The summed E-state index contributed by atoms with van der Waals surface area (Å²) in [5.41, 5.74) is 0. The van der Waals surface area contributed by atoms with Gasteiger partial charge in [-0.05, 0) is 37.5 Å². The third kappa shape index (κ3) is 3.03. The molecule has 0 heterocycles. The highest BCUT2D eigenvalue weighted by molar-refractivity contribution is 4.91. The van der Waals surface area contributed by atoms with Crippen molar-refractivity contribution in [1.29, 1.82) is 0 Å². The molecule has 17 heavy (non-hydrogen) atoms. The minimum atomic E-state index is 0.455. The van der Waals surface area contributed by atoms with Crippen molar-refractivity contribution in [3.63, 3.8) is 0 Å². The van der Waals surface area contributed by atoms with E-state index < -0.39 is 0 Å². The van der Waals surface area contributed by atoms with Crippen LogP contribution < -0.4 is 5.32 Å². The highest BCUT2D eigenvalue weighted by atomic mass is 16.5. The zero-order valence-electron chi connectivity index (χ0n) is 11.7. The van der Waals surface area contributed by atoms with E-state index in [2.05, 4.69) is 19.2 Å². The van der Waals surface area contributed by atoms with Gasteiger partial charge >= 0.3 is 0 Å². The number of rotatable bonds is 4. The number of methoxy groups -OCH3 is 1. The Hall–Kier alpha value is -0.0800. The molecule has 2 rings (SSSR count). The van der Waals surface area contributed by atoms with Gasteiger partial charge in [0, 0.05) is 19.2 Å². The van der Waals surface area contributed by atoms with E-state index in [-0.39, 0.29) is 0 Å². The second kappa shape index (κ2) is 6.19. The Balaban J connectivity index is 1.87. The van der Waals surface area contributed by atoms with E-state index in [4.69, 9.17) is 4.74 Å². The van der Waals surface area contributed by atoms with Crippen molar-refractivity contribution in [3.8, 4) is 0 Å². The Kier molecular flexibility index (Phi) is 4.87.